The number of aliphatic hydroxyl groups excluding tert-OH is 2. The number of unbranched alkanes of at least 4 members (excludes halogenated alkanes) is 57. The van der Waals surface area contributed by atoms with Gasteiger partial charge in [-0.15, -0.1) is 0 Å². The summed E-state index contributed by atoms with van der Waals surface area (Å²) < 4.78 is 5.48. The number of amides is 1. The van der Waals surface area contributed by atoms with Crippen LogP contribution in [-0.4, -0.2) is 47.4 Å². The van der Waals surface area contributed by atoms with Crippen LogP contribution in [0.25, 0.3) is 0 Å². The molecule has 0 aliphatic heterocycles. The first-order valence-corrected chi connectivity index (χ1v) is 36.9. The molecule has 1 amide bonds. The van der Waals surface area contributed by atoms with Gasteiger partial charge < -0.3 is 20.3 Å². The molecule has 0 aliphatic carbocycles. The van der Waals surface area contributed by atoms with Gasteiger partial charge in [0, 0.05) is 12.8 Å². The standard InChI is InChI=1S/C74H145NO5/c1-3-5-7-9-11-13-15-17-43-46-50-54-58-62-66-72(77)71(70-76)75-73(78)67-63-59-55-51-47-44-41-39-37-35-33-31-29-27-25-23-21-19-18-20-22-24-26-28-30-32-34-36-38-40-42-45-49-53-57-61-65-69-80-74(79)68-64-60-56-52-48-16-14-12-10-8-6-4-2/h12,14,71-72,76-77H,3-11,13,15-70H2,1-2H3,(H,75,78)/b14-12-. The minimum absolute atomic E-state index is 0.0140. The number of rotatable bonds is 70. The van der Waals surface area contributed by atoms with Gasteiger partial charge in [0.1, 0.15) is 0 Å². The summed E-state index contributed by atoms with van der Waals surface area (Å²) in [5.74, 6) is -0.0121. The highest BCUT2D eigenvalue weighted by molar-refractivity contribution is 5.76. The van der Waals surface area contributed by atoms with Gasteiger partial charge in [-0.3, -0.25) is 9.59 Å². The molecule has 0 rings (SSSR count). The lowest BCUT2D eigenvalue weighted by molar-refractivity contribution is -0.143. The molecule has 0 fully saturated rings. The second kappa shape index (κ2) is 70.1. The zero-order valence-electron chi connectivity index (χ0n) is 54.6. The molecule has 2 unspecified atom stereocenters. The van der Waals surface area contributed by atoms with E-state index in [4.69, 9.17) is 4.74 Å². The van der Waals surface area contributed by atoms with E-state index in [-0.39, 0.29) is 18.5 Å². The topological polar surface area (TPSA) is 95.9 Å². The van der Waals surface area contributed by atoms with Gasteiger partial charge >= 0.3 is 5.97 Å². The Kier molecular flexibility index (Phi) is 68.9. The van der Waals surface area contributed by atoms with Crippen molar-refractivity contribution in [3.8, 4) is 0 Å². The largest absolute Gasteiger partial charge is 0.466 e. The minimum atomic E-state index is -0.659. The Morgan fingerprint density at radius 3 is 0.912 bits per heavy atom. The van der Waals surface area contributed by atoms with Crippen LogP contribution in [0.5, 0.6) is 0 Å². The summed E-state index contributed by atoms with van der Waals surface area (Å²) in [6.07, 6.45) is 87.2. The average Bonchev–Trinajstić information content (AvgIpc) is 3.46. The maximum absolute atomic E-state index is 12.5. The highest BCUT2D eigenvalue weighted by Gasteiger charge is 2.20. The molecule has 0 heterocycles. The van der Waals surface area contributed by atoms with Crippen molar-refractivity contribution in [1.29, 1.82) is 0 Å². The molecule has 0 aromatic heterocycles. The molecule has 80 heavy (non-hydrogen) atoms. The molecule has 3 N–H and O–H groups in total. The van der Waals surface area contributed by atoms with Crippen LogP contribution in [0.2, 0.25) is 0 Å². The number of hydrogen-bond acceptors (Lipinski definition) is 5. The van der Waals surface area contributed by atoms with Gasteiger partial charge in [-0.2, -0.15) is 0 Å². The van der Waals surface area contributed by atoms with Crippen molar-refractivity contribution in [2.75, 3.05) is 13.2 Å². The van der Waals surface area contributed by atoms with Crippen molar-refractivity contribution >= 4 is 11.9 Å². The Hall–Kier alpha value is -1.40. The summed E-state index contributed by atoms with van der Waals surface area (Å²) in [7, 11) is 0. The molecule has 476 valence electrons. The van der Waals surface area contributed by atoms with Gasteiger partial charge in [0.25, 0.3) is 0 Å². The maximum Gasteiger partial charge on any atom is 0.305 e. The molecule has 0 saturated heterocycles. The number of allylic oxidation sites excluding steroid dienone is 2. The van der Waals surface area contributed by atoms with Gasteiger partial charge in [0.05, 0.1) is 25.4 Å². The van der Waals surface area contributed by atoms with E-state index in [1.165, 1.54) is 347 Å². The predicted octanol–water partition coefficient (Wildman–Crippen LogP) is 23.9. The first kappa shape index (κ1) is 78.6. The van der Waals surface area contributed by atoms with Crippen LogP contribution < -0.4 is 5.32 Å². The molecule has 0 aromatic rings. The number of carbonyl (C=O) groups excluding carboxylic acids is 2. The third-order valence-corrected chi connectivity index (χ3v) is 17.6. The molecular formula is C74H145NO5. The van der Waals surface area contributed by atoms with E-state index in [1.807, 2.05) is 0 Å². The predicted molar refractivity (Wildman–Crippen MR) is 352 cm³/mol. The molecule has 0 aromatic carbocycles. The van der Waals surface area contributed by atoms with E-state index < -0.39 is 12.1 Å². The molecule has 2 atom stereocenters. The lowest BCUT2D eigenvalue weighted by Gasteiger charge is -2.22. The van der Waals surface area contributed by atoms with E-state index in [2.05, 4.69) is 31.3 Å². The number of aliphatic hydroxyl groups is 2. The van der Waals surface area contributed by atoms with Gasteiger partial charge in [0.15, 0.2) is 0 Å². The van der Waals surface area contributed by atoms with Crippen molar-refractivity contribution in [3.63, 3.8) is 0 Å². The Morgan fingerprint density at radius 2 is 0.588 bits per heavy atom. The van der Waals surface area contributed by atoms with Crippen LogP contribution in [-0.2, 0) is 14.3 Å². The van der Waals surface area contributed by atoms with Crippen molar-refractivity contribution in [3.05, 3.63) is 12.2 Å². The van der Waals surface area contributed by atoms with Crippen LogP contribution in [0, 0.1) is 0 Å². The van der Waals surface area contributed by atoms with E-state index in [0.717, 1.165) is 44.9 Å². The summed E-state index contributed by atoms with van der Waals surface area (Å²) >= 11 is 0. The lowest BCUT2D eigenvalue weighted by Crippen LogP contribution is -2.45. The van der Waals surface area contributed by atoms with Crippen molar-refractivity contribution < 1.29 is 24.5 Å². The van der Waals surface area contributed by atoms with Gasteiger partial charge in [-0.25, -0.2) is 0 Å². The van der Waals surface area contributed by atoms with E-state index >= 15 is 0 Å². The summed E-state index contributed by atoms with van der Waals surface area (Å²) in [6, 6.07) is -0.536. The second-order valence-corrected chi connectivity index (χ2v) is 25.6. The summed E-state index contributed by atoms with van der Waals surface area (Å²) in [4.78, 5) is 24.5. The van der Waals surface area contributed by atoms with Crippen molar-refractivity contribution in [2.45, 2.75) is 437 Å². The van der Waals surface area contributed by atoms with Gasteiger partial charge in [0.2, 0.25) is 5.91 Å². The second-order valence-electron chi connectivity index (χ2n) is 25.6. The molecule has 0 aliphatic rings. The van der Waals surface area contributed by atoms with Gasteiger partial charge in [-0.05, 0) is 51.4 Å². The zero-order valence-corrected chi connectivity index (χ0v) is 54.6. The first-order chi connectivity index (χ1) is 39.5. The number of ether oxygens (including phenoxy) is 1. The van der Waals surface area contributed by atoms with Crippen LogP contribution in [0.3, 0.4) is 0 Å². The van der Waals surface area contributed by atoms with Crippen molar-refractivity contribution in [1.82, 2.24) is 5.32 Å². The lowest BCUT2D eigenvalue weighted by atomic mass is 10.0. The van der Waals surface area contributed by atoms with E-state index in [0.29, 0.717) is 25.9 Å². The molecule has 0 bridgehead atoms. The molecule has 0 spiro atoms. The fourth-order valence-electron chi connectivity index (χ4n) is 11.9. The first-order valence-electron chi connectivity index (χ1n) is 36.9. The Bertz CT molecular complexity index is 1210. The van der Waals surface area contributed by atoms with Crippen LogP contribution in [0.4, 0.5) is 0 Å². The zero-order chi connectivity index (χ0) is 57.8. The summed E-state index contributed by atoms with van der Waals surface area (Å²) in [5.41, 5.74) is 0. The third kappa shape index (κ3) is 65.7. The quantitative estimate of drug-likeness (QED) is 0.0320. The van der Waals surface area contributed by atoms with E-state index in [9.17, 15) is 19.8 Å². The number of esters is 1. The minimum Gasteiger partial charge on any atom is -0.466 e. The Labute approximate surface area is 501 Å². The van der Waals surface area contributed by atoms with Crippen LogP contribution in [0.15, 0.2) is 12.2 Å². The average molecular weight is 1130 g/mol. The molecule has 6 heteroatoms. The summed E-state index contributed by atoms with van der Waals surface area (Å²) in [5, 5.41) is 23.3. The molecular weight excluding hydrogens is 983 g/mol. The third-order valence-electron chi connectivity index (χ3n) is 17.6. The Balaban J connectivity index is 3.28. The molecule has 6 nitrogen and oxygen atoms in total. The van der Waals surface area contributed by atoms with Gasteiger partial charge in [-0.1, -0.05) is 373 Å². The van der Waals surface area contributed by atoms with Crippen molar-refractivity contribution in [2.24, 2.45) is 0 Å². The highest BCUT2D eigenvalue weighted by atomic mass is 16.5. The fourth-order valence-corrected chi connectivity index (χ4v) is 11.9. The normalized spacial score (nSPS) is 12.5. The number of carbonyl (C=O) groups is 2. The SMILES string of the molecule is CCCCC/C=C\CCCCCCCC(=O)OCCCCCCCCCCCCCCCCCCCCCCCCCCCCCCCCCCCCCCCC(=O)NC(CO)C(O)CCCCCCCCCCCCCCCC. The van der Waals surface area contributed by atoms with E-state index in [1.54, 1.807) is 0 Å². The molecule has 0 radical (unpaired) electrons. The Morgan fingerprint density at radius 1 is 0.338 bits per heavy atom. The fraction of sp³-hybridized carbons (Fsp3) is 0.946. The monoisotopic (exact) mass is 1130 g/mol. The smallest absolute Gasteiger partial charge is 0.305 e. The number of hydrogen-bond donors (Lipinski definition) is 3. The molecule has 0 saturated carbocycles. The highest BCUT2D eigenvalue weighted by Crippen LogP contribution is 2.20. The maximum atomic E-state index is 12.5. The number of nitrogens with one attached hydrogen (secondary N) is 1. The summed E-state index contributed by atoms with van der Waals surface area (Å²) in [6.45, 7) is 4.97. The van der Waals surface area contributed by atoms with Crippen LogP contribution >= 0.6 is 0 Å². The van der Waals surface area contributed by atoms with Crippen LogP contribution in [0.1, 0.15) is 425 Å².